The Labute approximate surface area is 131 Å². The third-order valence-electron chi connectivity index (χ3n) is 3.87. The third-order valence-corrected chi connectivity index (χ3v) is 3.87. The summed E-state index contributed by atoms with van der Waals surface area (Å²) in [6.07, 6.45) is 1.35. The van der Waals surface area contributed by atoms with Crippen molar-refractivity contribution in [3.8, 4) is 5.75 Å². The highest BCUT2D eigenvalue weighted by Gasteiger charge is 2.34. The highest BCUT2D eigenvalue weighted by molar-refractivity contribution is 6.25. The number of carbonyl (C=O) groups is 2. The van der Waals surface area contributed by atoms with Crippen LogP contribution in [-0.2, 0) is 4.79 Å². The number of rotatable bonds is 3. The topological polar surface area (TPSA) is 63.6 Å². The minimum atomic E-state index is -1.30. The summed E-state index contributed by atoms with van der Waals surface area (Å²) in [6, 6.07) is 11.4. The van der Waals surface area contributed by atoms with E-state index < -0.39 is 23.5 Å². The molecule has 4 nitrogen and oxygen atoms in total. The van der Waals surface area contributed by atoms with E-state index in [1.54, 1.807) is 24.3 Å². The van der Waals surface area contributed by atoms with Crippen LogP contribution in [0, 0.1) is 5.82 Å². The molecular formula is C18H13FO4. The van der Waals surface area contributed by atoms with Gasteiger partial charge in [-0.1, -0.05) is 36.4 Å². The first-order chi connectivity index (χ1) is 11.0. The fraction of sp³-hybridized carbons (Fsp3) is 0.111. The van der Waals surface area contributed by atoms with Crippen LogP contribution in [0.2, 0.25) is 0 Å². The van der Waals surface area contributed by atoms with Crippen molar-refractivity contribution in [3.63, 3.8) is 0 Å². The molecule has 0 radical (unpaired) electrons. The number of fused-ring (bicyclic) bond motifs is 1. The molecule has 2 aromatic carbocycles. The smallest absolute Gasteiger partial charge is 0.339 e. The highest BCUT2D eigenvalue weighted by atomic mass is 19.1. The second kappa shape index (κ2) is 5.68. The first kappa shape index (κ1) is 15.0. The Balaban J connectivity index is 2.31. The number of benzene rings is 2. The fourth-order valence-electron chi connectivity index (χ4n) is 2.85. The first-order valence-corrected chi connectivity index (χ1v) is 6.95. The molecule has 23 heavy (non-hydrogen) atoms. The number of halogens is 1. The van der Waals surface area contributed by atoms with E-state index in [0.717, 1.165) is 11.6 Å². The lowest BCUT2D eigenvalue weighted by Gasteiger charge is -2.25. The normalized spacial score (nSPS) is 16.5. The molecule has 0 spiro atoms. The van der Waals surface area contributed by atoms with Gasteiger partial charge in [0.15, 0.2) is 17.3 Å². The van der Waals surface area contributed by atoms with Crippen LogP contribution in [0.5, 0.6) is 5.75 Å². The number of aliphatic carboxylic acids is 1. The average molecular weight is 312 g/mol. The molecule has 0 amide bonds. The number of carbonyl (C=O) groups excluding carboxylic acids is 1. The van der Waals surface area contributed by atoms with Gasteiger partial charge in [-0.05, 0) is 17.7 Å². The van der Waals surface area contributed by atoms with E-state index in [4.69, 9.17) is 4.74 Å². The molecule has 1 unspecified atom stereocenters. The summed E-state index contributed by atoms with van der Waals surface area (Å²) in [5.41, 5.74) is 0.939. The molecule has 0 heterocycles. The summed E-state index contributed by atoms with van der Waals surface area (Å²) in [4.78, 5) is 23.8. The minimum Gasteiger partial charge on any atom is -0.493 e. The third kappa shape index (κ3) is 2.40. The van der Waals surface area contributed by atoms with E-state index in [-0.39, 0.29) is 16.9 Å². The van der Waals surface area contributed by atoms with Crippen molar-refractivity contribution < 1.29 is 23.8 Å². The first-order valence-electron chi connectivity index (χ1n) is 6.95. The van der Waals surface area contributed by atoms with Crippen LogP contribution in [0.4, 0.5) is 4.39 Å². The Kier molecular flexibility index (Phi) is 3.70. The second-order valence-corrected chi connectivity index (χ2v) is 5.14. The molecule has 1 aliphatic rings. The molecule has 5 heteroatoms. The Morgan fingerprint density at radius 1 is 1.17 bits per heavy atom. The number of allylic oxidation sites excluding steroid dienone is 1. The van der Waals surface area contributed by atoms with Crippen molar-refractivity contribution in [2.45, 2.75) is 5.92 Å². The summed E-state index contributed by atoms with van der Waals surface area (Å²) in [5, 5.41) is 9.29. The molecule has 0 saturated carbocycles. The van der Waals surface area contributed by atoms with Crippen LogP contribution >= 0.6 is 0 Å². The lowest BCUT2D eigenvalue weighted by atomic mass is 9.79. The van der Waals surface area contributed by atoms with Gasteiger partial charge in [-0.25, -0.2) is 9.18 Å². The standard InChI is InChI=1S/C18H13FO4/c1-23-17-14(19)8-7-11-15(17)12(10-5-3-2-4-6-10)9-13(16(11)20)18(21)22/h2-9,12H,1H3,(H,21,22). The van der Waals surface area contributed by atoms with Gasteiger partial charge in [0.1, 0.15) is 5.57 Å². The SMILES string of the molecule is COc1c(F)ccc2c1C(c1ccccc1)C=C(C(=O)O)C2=O. The van der Waals surface area contributed by atoms with E-state index in [0.29, 0.717) is 5.56 Å². The quantitative estimate of drug-likeness (QED) is 0.884. The van der Waals surface area contributed by atoms with Gasteiger partial charge in [0.25, 0.3) is 0 Å². The molecule has 0 aliphatic heterocycles. The van der Waals surface area contributed by atoms with Crippen molar-refractivity contribution >= 4 is 11.8 Å². The van der Waals surface area contributed by atoms with Crippen LogP contribution in [0.15, 0.2) is 54.1 Å². The number of carboxylic acid groups (broad SMARTS) is 1. The predicted molar refractivity (Wildman–Crippen MR) is 81.3 cm³/mol. The number of ether oxygens (including phenoxy) is 1. The predicted octanol–water partition coefficient (Wildman–Crippen LogP) is 3.17. The lowest BCUT2D eigenvalue weighted by Crippen LogP contribution is -2.22. The number of ketones is 1. The molecule has 116 valence electrons. The monoisotopic (exact) mass is 312 g/mol. The van der Waals surface area contributed by atoms with Gasteiger partial charge >= 0.3 is 5.97 Å². The Bertz CT molecular complexity index is 824. The maximum Gasteiger partial charge on any atom is 0.339 e. The number of hydrogen-bond donors (Lipinski definition) is 1. The zero-order chi connectivity index (χ0) is 16.6. The van der Waals surface area contributed by atoms with Crippen LogP contribution in [0.3, 0.4) is 0 Å². The molecule has 1 atom stereocenters. The molecule has 3 rings (SSSR count). The summed E-state index contributed by atoms with van der Waals surface area (Å²) in [7, 11) is 1.32. The maximum absolute atomic E-state index is 14.1. The lowest BCUT2D eigenvalue weighted by molar-refractivity contribution is -0.132. The van der Waals surface area contributed by atoms with E-state index in [1.807, 2.05) is 6.07 Å². The van der Waals surface area contributed by atoms with E-state index in [9.17, 15) is 19.1 Å². The largest absolute Gasteiger partial charge is 0.493 e. The van der Waals surface area contributed by atoms with Crippen molar-refractivity contribution in [2.24, 2.45) is 0 Å². The number of methoxy groups -OCH3 is 1. The molecular weight excluding hydrogens is 299 g/mol. The zero-order valence-corrected chi connectivity index (χ0v) is 12.2. The van der Waals surface area contributed by atoms with Gasteiger partial charge in [0.05, 0.1) is 7.11 Å². The fourth-order valence-corrected chi connectivity index (χ4v) is 2.85. The van der Waals surface area contributed by atoms with Gasteiger partial charge in [-0.3, -0.25) is 4.79 Å². The van der Waals surface area contributed by atoms with Crippen molar-refractivity contribution in [1.82, 2.24) is 0 Å². The van der Waals surface area contributed by atoms with Crippen LogP contribution in [0.1, 0.15) is 27.4 Å². The molecule has 0 aromatic heterocycles. The van der Waals surface area contributed by atoms with E-state index in [2.05, 4.69) is 0 Å². The second-order valence-electron chi connectivity index (χ2n) is 5.14. The average Bonchev–Trinajstić information content (AvgIpc) is 2.55. The summed E-state index contributed by atoms with van der Waals surface area (Å²) in [6.45, 7) is 0. The van der Waals surface area contributed by atoms with Crippen molar-refractivity contribution in [3.05, 3.63) is 76.6 Å². The van der Waals surface area contributed by atoms with E-state index in [1.165, 1.54) is 19.3 Å². The Morgan fingerprint density at radius 2 is 1.87 bits per heavy atom. The summed E-state index contributed by atoms with van der Waals surface area (Å²) < 4.78 is 19.2. The number of hydrogen-bond acceptors (Lipinski definition) is 3. The van der Waals surface area contributed by atoms with Crippen LogP contribution in [0.25, 0.3) is 0 Å². The van der Waals surface area contributed by atoms with Crippen molar-refractivity contribution in [2.75, 3.05) is 7.11 Å². The maximum atomic E-state index is 14.1. The Hall–Kier alpha value is -2.95. The van der Waals surface area contributed by atoms with Gasteiger partial charge in [0, 0.05) is 17.0 Å². The Morgan fingerprint density at radius 3 is 2.48 bits per heavy atom. The van der Waals surface area contributed by atoms with Gasteiger partial charge in [-0.2, -0.15) is 0 Å². The van der Waals surface area contributed by atoms with Gasteiger partial charge in [0.2, 0.25) is 0 Å². The van der Waals surface area contributed by atoms with Gasteiger partial charge in [-0.15, -0.1) is 0 Å². The number of Topliss-reactive ketones (excluding diaryl/α,β-unsaturated/α-hetero) is 1. The minimum absolute atomic E-state index is 0.0367. The zero-order valence-electron chi connectivity index (χ0n) is 12.2. The van der Waals surface area contributed by atoms with Crippen LogP contribution in [-0.4, -0.2) is 24.0 Å². The van der Waals surface area contributed by atoms with Gasteiger partial charge < -0.3 is 9.84 Å². The molecule has 1 N–H and O–H groups in total. The summed E-state index contributed by atoms with van der Waals surface area (Å²) >= 11 is 0. The molecule has 0 fully saturated rings. The molecule has 2 aromatic rings. The van der Waals surface area contributed by atoms with E-state index >= 15 is 0 Å². The number of carboxylic acids is 1. The van der Waals surface area contributed by atoms with Crippen LogP contribution < -0.4 is 4.74 Å². The van der Waals surface area contributed by atoms with Crippen molar-refractivity contribution in [1.29, 1.82) is 0 Å². The molecule has 0 saturated heterocycles. The highest BCUT2D eigenvalue weighted by Crippen LogP contribution is 2.41. The molecule has 1 aliphatic carbocycles. The summed E-state index contributed by atoms with van der Waals surface area (Å²) in [5.74, 6) is -3.14. The molecule has 0 bridgehead atoms.